The standard InChI is InChI=1S/C20H20N2O6/c1-27-16-9-13(20(25)26)15(10-17(16)28-2)22-19(24)12-6-7-14-11(8-12)4-3-5-18(23)21-14/h6-10H,3-5H2,1-2H3,(H,21,23)(H,22,24)(H,25,26). The Labute approximate surface area is 161 Å². The molecule has 3 rings (SSSR count). The van der Waals surface area contributed by atoms with Gasteiger partial charge < -0.3 is 25.2 Å². The van der Waals surface area contributed by atoms with Crippen molar-refractivity contribution >= 4 is 29.2 Å². The first-order valence-electron chi connectivity index (χ1n) is 8.66. The number of rotatable bonds is 5. The van der Waals surface area contributed by atoms with Crippen molar-refractivity contribution in [3.8, 4) is 11.5 Å². The second-order valence-corrected chi connectivity index (χ2v) is 6.29. The zero-order chi connectivity index (χ0) is 20.3. The second kappa shape index (κ2) is 7.99. The average molecular weight is 384 g/mol. The molecule has 1 heterocycles. The Morgan fingerprint density at radius 2 is 1.79 bits per heavy atom. The van der Waals surface area contributed by atoms with E-state index in [9.17, 15) is 19.5 Å². The van der Waals surface area contributed by atoms with E-state index in [0.717, 1.165) is 5.56 Å². The number of benzene rings is 2. The number of carbonyl (C=O) groups is 3. The number of carbonyl (C=O) groups excluding carboxylic acids is 2. The van der Waals surface area contributed by atoms with Crippen LogP contribution < -0.4 is 20.1 Å². The molecule has 2 aromatic carbocycles. The van der Waals surface area contributed by atoms with E-state index in [1.807, 2.05) is 0 Å². The van der Waals surface area contributed by atoms with Crippen LogP contribution in [0, 0.1) is 0 Å². The maximum Gasteiger partial charge on any atom is 0.337 e. The van der Waals surface area contributed by atoms with E-state index in [1.165, 1.54) is 26.4 Å². The number of aryl methyl sites for hydroxylation is 1. The Hall–Kier alpha value is -3.55. The number of carboxylic acids is 1. The molecule has 0 saturated carbocycles. The number of hydrogen-bond acceptors (Lipinski definition) is 5. The number of nitrogens with one attached hydrogen (secondary N) is 2. The smallest absolute Gasteiger partial charge is 0.337 e. The molecule has 0 atom stereocenters. The molecule has 1 aliphatic heterocycles. The highest BCUT2D eigenvalue weighted by atomic mass is 16.5. The van der Waals surface area contributed by atoms with Crippen molar-refractivity contribution in [3.05, 3.63) is 47.0 Å². The molecule has 0 bridgehead atoms. The van der Waals surface area contributed by atoms with Crippen molar-refractivity contribution in [1.29, 1.82) is 0 Å². The minimum Gasteiger partial charge on any atom is -0.493 e. The van der Waals surface area contributed by atoms with Crippen LogP contribution in [0.4, 0.5) is 11.4 Å². The van der Waals surface area contributed by atoms with Gasteiger partial charge in [0.1, 0.15) is 0 Å². The first-order valence-corrected chi connectivity index (χ1v) is 8.66. The number of hydrogen-bond donors (Lipinski definition) is 3. The van der Waals surface area contributed by atoms with E-state index in [-0.39, 0.29) is 22.9 Å². The van der Waals surface area contributed by atoms with Crippen LogP contribution in [0.25, 0.3) is 0 Å². The molecule has 0 aromatic heterocycles. The molecule has 8 heteroatoms. The molecule has 0 saturated heterocycles. The highest BCUT2D eigenvalue weighted by molar-refractivity contribution is 6.08. The molecule has 28 heavy (non-hydrogen) atoms. The summed E-state index contributed by atoms with van der Waals surface area (Å²) in [5.41, 5.74) is 1.90. The normalized spacial score (nSPS) is 13.0. The number of anilines is 2. The predicted octanol–water partition coefficient (Wildman–Crippen LogP) is 2.93. The number of carboxylic acid groups (broad SMARTS) is 1. The van der Waals surface area contributed by atoms with Gasteiger partial charge in [-0.2, -0.15) is 0 Å². The van der Waals surface area contributed by atoms with E-state index >= 15 is 0 Å². The van der Waals surface area contributed by atoms with E-state index in [2.05, 4.69) is 10.6 Å². The molecule has 0 radical (unpaired) electrons. The summed E-state index contributed by atoms with van der Waals surface area (Å²) in [5.74, 6) is -1.17. The molecule has 0 aliphatic carbocycles. The highest BCUT2D eigenvalue weighted by Crippen LogP contribution is 2.34. The lowest BCUT2D eigenvalue weighted by Gasteiger charge is -2.14. The van der Waals surface area contributed by atoms with E-state index in [1.54, 1.807) is 18.2 Å². The van der Waals surface area contributed by atoms with E-state index in [4.69, 9.17) is 9.47 Å². The maximum absolute atomic E-state index is 12.7. The van der Waals surface area contributed by atoms with Crippen LogP contribution in [0.3, 0.4) is 0 Å². The van der Waals surface area contributed by atoms with Crippen molar-refractivity contribution in [2.24, 2.45) is 0 Å². The van der Waals surface area contributed by atoms with Gasteiger partial charge >= 0.3 is 5.97 Å². The van der Waals surface area contributed by atoms with Crippen LogP contribution in [0.5, 0.6) is 11.5 Å². The van der Waals surface area contributed by atoms with Crippen LogP contribution in [0.2, 0.25) is 0 Å². The summed E-state index contributed by atoms with van der Waals surface area (Å²) in [5, 5.41) is 14.9. The molecule has 3 N–H and O–H groups in total. The van der Waals surface area contributed by atoms with Gasteiger partial charge in [-0.3, -0.25) is 9.59 Å². The fourth-order valence-corrected chi connectivity index (χ4v) is 3.07. The van der Waals surface area contributed by atoms with Gasteiger partial charge in [0.2, 0.25) is 5.91 Å². The Bertz CT molecular complexity index is 954. The number of methoxy groups -OCH3 is 2. The number of aromatic carboxylic acids is 1. The van der Waals surface area contributed by atoms with Crippen LogP contribution in [0.1, 0.15) is 39.1 Å². The van der Waals surface area contributed by atoms with Gasteiger partial charge in [0, 0.05) is 29.8 Å². The van der Waals surface area contributed by atoms with Gasteiger partial charge in [0.05, 0.1) is 25.5 Å². The third-order valence-electron chi connectivity index (χ3n) is 4.49. The zero-order valence-corrected chi connectivity index (χ0v) is 15.5. The number of ether oxygens (including phenoxy) is 2. The maximum atomic E-state index is 12.7. The molecular formula is C20H20N2O6. The predicted molar refractivity (Wildman–Crippen MR) is 102 cm³/mol. The van der Waals surface area contributed by atoms with Crippen molar-refractivity contribution in [2.75, 3.05) is 24.9 Å². The molecule has 146 valence electrons. The van der Waals surface area contributed by atoms with Crippen LogP contribution in [-0.2, 0) is 11.2 Å². The molecule has 8 nitrogen and oxygen atoms in total. The van der Waals surface area contributed by atoms with Gasteiger partial charge in [0.15, 0.2) is 11.5 Å². The lowest BCUT2D eigenvalue weighted by atomic mass is 10.0. The van der Waals surface area contributed by atoms with Crippen LogP contribution >= 0.6 is 0 Å². The van der Waals surface area contributed by atoms with Crippen molar-refractivity contribution in [3.63, 3.8) is 0 Å². The summed E-state index contributed by atoms with van der Waals surface area (Å²) in [6, 6.07) is 7.67. The van der Waals surface area contributed by atoms with Gasteiger partial charge in [0.25, 0.3) is 5.91 Å². The molecule has 0 spiro atoms. The number of amides is 2. The number of fused-ring (bicyclic) bond motifs is 1. The highest BCUT2D eigenvalue weighted by Gasteiger charge is 2.20. The first kappa shape index (κ1) is 19.2. The summed E-state index contributed by atoms with van der Waals surface area (Å²) in [4.78, 5) is 35.9. The van der Waals surface area contributed by atoms with Crippen LogP contribution in [0.15, 0.2) is 30.3 Å². The lowest BCUT2D eigenvalue weighted by molar-refractivity contribution is -0.116. The SMILES string of the molecule is COc1cc(NC(=O)c2ccc3c(c2)CCCC(=O)N3)c(C(=O)O)cc1OC. The topological polar surface area (TPSA) is 114 Å². The molecular weight excluding hydrogens is 364 g/mol. The monoisotopic (exact) mass is 384 g/mol. The summed E-state index contributed by atoms with van der Waals surface area (Å²) in [7, 11) is 2.82. The molecule has 1 aliphatic rings. The third-order valence-corrected chi connectivity index (χ3v) is 4.49. The second-order valence-electron chi connectivity index (χ2n) is 6.29. The Balaban J connectivity index is 1.92. The summed E-state index contributed by atoms with van der Waals surface area (Å²) >= 11 is 0. The van der Waals surface area contributed by atoms with E-state index < -0.39 is 11.9 Å². The summed E-state index contributed by atoms with van der Waals surface area (Å²) in [6.45, 7) is 0. The molecule has 0 unspecified atom stereocenters. The van der Waals surface area contributed by atoms with Gasteiger partial charge in [-0.05, 0) is 36.6 Å². The summed E-state index contributed by atoms with van der Waals surface area (Å²) < 4.78 is 10.3. The van der Waals surface area contributed by atoms with Crippen molar-refractivity contribution in [2.45, 2.75) is 19.3 Å². The largest absolute Gasteiger partial charge is 0.493 e. The molecule has 0 fully saturated rings. The molecule has 2 aromatic rings. The lowest BCUT2D eigenvalue weighted by Crippen LogP contribution is -2.16. The van der Waals surface area contributed by atoms with Crippen molar-refractivity contribution in [1.82, 2.24) is 0 Å². The van der Waals surface area contributed by atoms with Crippen molar-refractivity contribution < 1.29 is 29.0 Å². The van der Waals surface area contributed by atoms with Crippen LogP contribution in [-0.4, -0.2) is 37.1 Å². The first-order chi connectivity index (χ1) is 13.4. The fraction of sp³-hybridized carbons (Fsp3) is 0.250. The zero-order valence-electron chi connectivity index (χ0n) is 15.5. The Morgan fingerprint density at radius 1 is 1.07 bits per heavy atom. The van der Waals surface area contributed by atoms with Gasteiger partial charge in [-0.1, -0.05) is 0 Å². The minimum absolute atomic E-state index is 0.0487. The quantitative estimate of drug-likeness (QED) is 0.730. The van der Waals surface area contributed by atoms with Gasteiger partial charge in [-0.15, -0.1) is 0 Å². The minimum atomic E-state index is -1.21. The van der Waals surface area contributed by atoms with E-state index in [0.29, 0.717) is 36.3 Å². The molecule has 2 amide bonds. The Morgan fingerprint density at radius 3 is 2.46 bits per heavy atom. The third kappa shape index (κ3) is 3.90. The fourth-order valence-electron chi connectivity index (χ4n) is 3.07. The van der Waals surface area contributed by atoms with Gasteiger partial charge in [-0.25, -0.2) is 4.79 Å². The summed E-state index contributed by atoms with van der Waals surface area (Å²) in [6.07, 6.45) is 1.80. The Kier molecular flexibility index (Phi) is 5.49. The average Bonchev–Trinajstić information content (AvgIpc) is 2.87.